The molecule has 5 nitrogen and oxygen atoms in total. The Morgan fingerprint density at radius 2 is 1.43 bits per heavy atom. The van der Waals surface area contributed by atoms with Crippen LogP contribution in [0.15, 0.2) is 241 Å². The summed E-state index contributed by atoms with van der Waals surface area (Å²) in [4.78, 5) is 20.3. The zero-order chi connectivity index (χ0) is 52.8. The topological polar surface area (TPSA) is 45.2 Å². The Morgan fingerprint density at radius 1 is 0.693 bits per heavy atom. The number of aromatic nitrogens is 3. The number of rotatable bonds is 12. The van der Waals surface area contributed by atoms with Crippen molar-refractivity contribution in [2.24, 2.45) is 5.92 Å². The molecule has 0 saturated heterocycles. The molecular weight excluding hydrogens is 911 g/mol. The van der Waals surface area contributed by atoms with Crippen LogP contribution in [-0.2, 0) is 0 Å². The van der Waals surface area contributed by atoms with Crippen molar-refractivity contribution in [2.45, 2.75) is 81.1 Å². The Bertz CT molecular complexity index is 3370. The number of hydrogen-bond acceptors (Lipinski definition) is 5. The van der Waals surface area contributed by atoms with Crippen LogP contribution in [-0.4, -0.2) is 15.0 Å². The smallest absolute Gasteiger partial charge is 0.164 e. The normalized spacial score (nSPS) is 16.4. The van der Waals surface area contributed by atoms with Crippen LogP contribution in [0.5, 0.6) is 0 Å². The predicted molar refractivity (Wildman–Crippen MR) is 324 cm³/mol. The fraction of sp³-hybridized carbons (Fsp3) is 0.186. The lowest BCUT2D eigenvalue weighted by atomic mass is 9.75. The van der Waals surface area contributed by atoms with Gasteiger partial charge in [-0.05, 0) is 155 Å². The lowest BCUT2D eigenvalue weighted by Crippen LogP contribution is -2.21. The molecule has 2 unspecified atom stereocenters. The Morgan fingerprint density at radius 3 is 2.13 bits per heavy atom. The second kappa shape index (κ2) is 25.0. The van der Waals surface area contributed by atoms with Crippen molar-refractivity contribution < 1.29 is 0 Å². The molecule has 6 aromatic rings. The number of para-hydroxylation sites is 1. The summed E-state index contributed by atoms with van der Waals surface area (Å²) in [6.45, 7) is 22.8. The summed E-state index contributed by atoms with van der Waals surface area (Å²) >= 11 is 0. The van der Waals surface area contributed by atoms with E-state index in [2.05, 4.69) is 225 Å². The highest BCUT2D eigenvalue weighted by Crippen LogP contribution is 2.56. The van der Waals surface area contributed by atoms with Crippen LogP contribution in [0, 0.1) is 5.92 Å². The third kappa shape index (κ3) is 11.7. The standard InChI is InChI=1S/C64H57N5.C4H8.C2H6/c1-7-18-45-29-32-49(33-30-45)63-65-62(48(19-8-2)31-28-43(4)5)66-64(67-63)52-22-17-25-54(40-52)69-58-38-37-50(41-56(58)61-55-26-15-14-21-47(55)36-39-59(61)69)51-35-34-46(9-3)60(42-51)68(53-23-11-10-12-24-53)57-27-16-13-20-44(57)6;1-3-4-2;1-2/h7-12,14-19,21-42,55,61H,3,13,20H2,1-2,4-6H3;3-4H,1-2H3;1-2H3/b18-7+,19-8-,48-31+;4-3-;. The summed E-state index contributed by atoms with van der Waals surface area (Å²) in [6, 6.07) is 41.6. The predicted octanol–water partition coefficient (Wildman–Crippen LogP) is 19.6. The molecule has 0 spiro atoms. The second-order valence-electron chi connectivity index (χ2n) is 18.9. The van der Waals surface area contributed by atoms with E-state index in [9.17, 15) is 0 Å². The maximum Gasteiger partial charge on any atom is 0.164 e. The lowest BCUT2D eigenvalue weighted by molar-refractivity contribution is 0.651. The first kappa shape index (κ1) is 52.9. The number of nitrogens with zero attached hydrogens (tertiary/aromatic N) is 5. The van der Waals surface area contributed by atoms with Gasteiger partial charge < -0.3 is 9.80 Å². The Labute approximate surface area is 447 Å². The van der Waals surface area contributed by atoms with E-state index in [-0.39, 0.29) is 11.8 Å². The quantitative estimate of drug-likeness (QED) is 0.0903. The number of allylic oxidation sites excluding steroid dienone is 20. The number of anilines is 4. The van der Waals surface area contributed by atoms with E-state index in [4.69, 9.17) is 15.0 Å². The molecule has 0 N–H and O–H groups in total. The van der Waals surface area contributed by atoms with Crippen molar-refractivity contribution in [3.63, 3.8) is 0 Å². The molecule has 0 saturated carbocycles. The highest BCUT2D eigenvalue weighted by Gasteiger charge is 2.41. The maximum absolute atomic E-state index is 5.19. The van der Waals surface area contributed by atoms with Crippen LogP contribution < -0.4 is 9.80 Å². The van der Waals surface area contributed by atoms with Gasteiger partial charge in [0.05, 0.1) is 5.69 Å². The van der Waals surface area contributed by atoms with E-state index in [0.717, 1.165) is 63.3 Å². The van der Waals surface area contributed by atoms with E-state index in [1.807, 2.05) is 71.9 Å². The van der Waals surface area contributed by atoms with E-state index >= 15 is 0 Å². The zero-order valence-electron chi connectivity index (χ0n) is 45.3. The molecule has 2 heterocycles. The van der Waals surface area contributed by atoms with Gasteiger partial charge in [-0.3, -0.25) is 0 Å². The minimum absolute atomic E-state index is 0.113. The molecule has 5 aromatic carbocycles. The molecule has 0 fully saturated rings. The average molecular weight is 982 g/mol. The van der Waals surface area contributed by atoms with E-state index < -0.39 is 0 Å². The first-order valence-electron chi connectivity index (χ1n) is 26.6. The van der Waals surface area contributed by atoms with E-state index in [1.165, 1.54) is 44.9 Å². The molecule has 10 rings (SSSR count). The Hall–Kier alpha value is -8.41. The Balaban J connectivity index is 0.00000119. The molecular formula is C70H71N5. The first-order valence-corrected chi connectivity index (χ1v) is 26.6. The van der Waals surface area contributed by atoms with Crippen molar-refractivity contribution in [1.29, 1.82) is 0 Å². The maximum atomic E-state index is 5.19. The molecule has 3 aliphatic carbocycles. The van der Waals surface area contributed by atoms with Crippen molar-refractivity contribution >= 4 is 40.5 Å². The minimum atomic E-state index is 0.113. The van der Waals surface area contributed by atoms with Crippen LogP contribution in [0.3, 0.4) is 0 Å². The van der Waals surface area contributed by atoms with Crippen LogP contribution >= 0.6 is 0 Å². The van der Waals surface area contributed by atoms with Gasteiger partial charge >= 0.3 is 0 Å². The summed E-state index contributed by atoms with van der Waals surface area (Å²) in [6.07, 6.45) is 38.7. The number of benzene rings is 5. The number of hydrogen-bond donors (Lipinski definition) is 0. The van der Waals surface area contributed by atoms with Crippen molar-refractivity contribution in [1.82, 2.24) is 15.0 Å². The summed E-state index contributed by atoms with van der Waals surface area (Å²) in [7, 11) is 0. The second-order valence-corrected chi connectivity index (χ2v) is 18.9. The van der Waals surface area contributed by atoms with Gasteiger partial charge in [0.1, 0.15) is 0 Å². The van der Waals surface area contributed by atoms with Gasteiger partial charge in [-0.2, -0.15) is 0 Å². The zero-order valence-corrected chi connectivity index (χ0v) is 45.3. The summed E-state index contributed by atoms with van der Waals surface area (Å²) in [5.41, 5.74) is 19.4. The fourth-order valence-corrected chi connectivity index (χ4v) is 9.92. The van der Waals surface area contributed by atoms with Gasteiger partial charge in [-0.15, -0.1) is 0 Å². The highest BCUT2D eigenvalue weighted by molar-refractivity contribution is 5.87. The summed E-state index contributed by atoms with van der Waals surface area (Å²) < 4.78 is 0. The van der Waals surface area contributed by atoms with E-state index in [0.29, 0.717) is 17.5 Å². The monoisotopic (exact) mass is 982 g/mol. The number of fused-ring (bicyclic) bond motifs is 5. The molecule has 4 aliphatic rings. The highest BCUT2D eigenvalue weighted by atomic mass is 15.2. The van der Waals surface area contributed by atoms with Crippen LogP contribution in [0.4, 0.5) is 22.7 Å². The van der Waals surface area contributed by atoms with Gasteiger partial charge in [0.2, 0.25) is 0 Å². The van der Waals surface area contributed by atoms with Crippen molar-refractivity contribution in [3.05, 3.63) is 264 Å². The summed E-state index contributed by atoms with van der Waals surface area (Å²) in [5, 5.41) is 0. The van der Waals surface area contributed by atoms with Gasteiger partial charge in [0.15, 0.2) is 17.5 Å². The van der Waals surface area contributed by atoms with Crippen molar-refractivity contribution in [2.75, 3.05) is 9.80 Å². The van der Waals surface area contributed by atoms with Gasteiger partial charge in [0.25, 0.3) is 0 Å². The van der Waals surface area contributed by atoms with E-state index in [1.54, 1.807) is 0 Å². The molecule has 75 heavy (non-hydrogen) atoms. The first-order chi connectivity index (χ1) is 36.7. The molecule has 1 aliphatic heterocycles. The van der Waals surface area contributed by atoms with Gasteiger partial charge in [-0.1, -0.05) is 190 Å². The molecule has 0 amide bonds. The van der Waals surface area contributed by atoms with Gasteiger partial charge in [-0.25, -0.2) is 15.0 Å². The molecule has 0 bridgehead atoms. The largest absolute Gasteiger partial charge is 0.313 e. The van der Waals surface area contributed by atoms with Crippen molar-refractivity contribution in [3.8, 4) is 33.9 Å². The molecule has 2 atom stereocenters. The van der Waals surface area contributed by atoms with Crippen LogP contribution in [0.2, 0.25) is 0 Å². The summed E-state index contributed by atoms with van der Waals surface area (Å²) in [5.74, 6) is 2.18. The lowest BCUT2D eigenvalue weighted by Gasteiger charge is -2.31. The van der Waals surface area contributed by atoms with Gasteiger partial charge in [0, 0.05) is 57.0 Å². The molecule has 5 heteroatoms. The molecule has 1 aromatic heterocycles. The molecule has 376 valence electrons. The Kier molecular flexibility index (Phi) is 17.6. The minimum Gasteiger partial charge on any atom is -0.313 e. The SMILES string of the molecule is C/C=C\C.C=Cc1ccc(-c2ccc3c(c2)C2C(=CC=C4C=CC=CC42)N3c2cccc(-c3nc(C(/C=C\C)=C/C=C(C)C)nc(-c4ccc(/C=C/C)cc4)n3)c2)cc1N(C1=C(C)CCC=C1)c1ccccc1.CC. The third-order valence-electron chi connectivity index (χ3n) is 13.6. The average Bonchev–Trinajstić information content (AvgIpc) is 3.81. The van der Waals surface area contributed by atoms with Crippen LogP contribution in [0.1, 0.15) is 104 Å². The fourth-order valence-electron chi connectivity index (χ4n) is 9.92. The van der Waals surface area contributed by atoms with Crippen LogP contribution in [0.25, 0.3) is 51.6 Å². The third-order valence-corrected chi connectivity index (χ3v) is 13.6. The molecule has 0 radical (unpaired) electrons.